The van der Waals surface area contributed by atoms with Gasteiger partial charge in [0, 0.05) is 0 Å². The van der Waals surface area contributed by atoms with E-state index in [-0.39, 0.29) is 21.7 Å². The molecular formula is C116H132O8Sn. The Kier molecular flexibility index (Phi) is 36.4. The second-order valence-corrected chi connectivity index (χ2v) is 41.3. The Morgan fingerprint density at radius 3 is 0.416 bits per heavy atom. The fourth-order valence-corrected chi connectivity index (χ4v) is 25.4. The number of rotatable bonds is 52. The summed E-state index contributed by atoms with van der Waals surface area (Å²) < 4.78 is 28.3. The Labute approximate surface area is 753 Å². The van der Waals surface area contributed by atoms with E-state index in [1.807, 2.05) is 27.7 Å². The van der Waals surface area contributed by atoms with E-state index in [1.54, 1.807) is 0 Å². The first-order valence-corrected chi connectivity index (χ1v) is 51.2. The molecule has 0 saturated heterocycles. The zero-order chi connectivity index (χ0) is 87.1. The summed E-state index contributed by atoms with van der Waals surface area (Å²) in [5.41, 5.74) is 13.7. The van der Waals surface area contributed by atoms with Crippen LogP contribution in [0.15, 0.2) is 364 Å². The number of carbonyl (C=O) groups excluding carboxylic acids is 4. The summed E-state index contributed by atoms with van der Waals surface area (Å²) >= 11 is -6.91. The van der Waals surface area contributed by atoms with Crippen LogP contribution in [0.3, 0.4) is 0 Å². The first kappa shape index (κ1) is 93.5. The molecule has 648 valence electrons. The van der Waals surface area contributed by atoms with Crippen LogP contribution in [0.1, 0.15) is 197 Å². The Morgan fingerprint density at radius 1 is 0.200 bits per heavy atom. The van der Waals surface area contributed by atoms with Gasteiger partial charge in [-0.15, -0.1) is 0 Å². The maximum absolute atomic E-state index is 16.3. The molecule has 0 amide bonds. The third kappa shape index (κ3) is 29.7. The molecule has 12 aromatic rings. The molecule has 0 N–H and O–H groups in total. The fourth-order valence-electron chi connectivity index (χ4n) is 20.0. The van der Waals surface area contributed by atoms with Gasteiger partial charge in [0.15, 0.2) is 0 Å². The fraction of sp³-hybridized carbons (Fsp3) is 0.345. The Bertz CT molecular complexity index is 4010. The predicted molar refractivity (Wildman–Crippen MR) is 512 cm³/mol. The standard InChI is InChI=1S/4C29H34O2.Sn/c4*1-2-27(28(30)31)19-12-20-29(21-24-13-6-3-7-14-24,22-25-15-8-4-9-16-25)23-26-17-10-5-11-18-26;/h4*3-11,13-18,27H,2,12,19-23H2,1H3,(H,30,31);/q;;;;+4/p-4. The van der Waals surface area contributed by atoms with E-state index in [4.69, 9.17) is 12.3 Å². The molecule has 12 rings (SSSR count). The van der Waals surface area contributed by atoms with Gasteiger partial charge < -0.3 is 0 Å². The van der Waals surface area contributed by atoms with Crippen LogP contribution in [0.25, 0.3) is 0 Å². The second kappa shape index (κ2) is 48.7. The monoisotopic (exact) mass is 1770 g/mol. The van der Waals surface area contributed by atoms with Crippen LogP contribution < -0.4 is 0 Å². The van der Waals surface area contributed by atoms with Crippen molar-refractivity contribution in [2.24, 2.45) is 45.3 Å². The Balaban J connectivity index is 0.917. The summed E-state index contributed by atoms with van der Waals surface area (Å²) in [6.07, 6.45) is 18.2. The van der Waals surface area contributed by atoms with Crippen LogP contribution in [0.4, 0.5) is 0 Å². The van der Waals surface area contributed by atoms with Gasteiger partial charge in [0.2, 0.25) is 0 Å². The second-order valence-electron chi connectivity index (χ2n) is 36.1. The molecule has 125 heavy (non-hydrogen) atoms. The van der Waals surface area contributed by atoms with Crippen molar-refractivity contribution in [2.45, 2.75) is 207 Å². The quantitative estimate of drug-likeness (QED) is 0.0347. The van der Waals surface area contributed by atoms with Crippen LogP contribution in [0.5, 0.6) is 0 Å². The molecule has 0 spiro atoms. The summed E-state index contributed by atoms with van der Waals surface area (Å²) in [6, 6.07) is 129. The molecule has 0 saturated carbocycles. The van der Waals surface area contributed by atoms with E-state index < -0.39 is 67.6 Å². The average Bonchev–Trinajstić information content (AvgIpc) is 0.816. The van der Waals surface area contributed by atoms with Crippen LogP contribution in [-0.4, -0.2) is 43.9 Å². The molecule has 0 heterocycles. The molecule has 0 radical (unpaired) electrons. The molecule has 0 aliphatic rings. The molecule has 0 aliphatic heterocycles. The van der Waals surface area contributed by atoms with E-state index in [0.29, 0.717) is 77.0 Å². The average molecular weight is 1770 g/mol. The molecule has 4 atom stereocenters. The Morgan fingerprint density at radius 2 is 0.312 bits per heavy atom. The van der Waals surface area contributed by atoms with Gasteiger partial charge in [0.05, 0.1) is 0 Å². The van der Waals surface area contributed by atoms with Gasteiger partial charge in [-0.2, -0.15) is 0 Å². The summed E-state index contributed by atoms with van der Waals surface area (Å²) in [7, 11) is 0. The zero-order valence-corrected chi connectivity index (χ0v) is 77.4. The van der Waals surface area contributed by atoms with Crippen molar-refractivity contribution < 1.29 is 31.5 Å². The molecule has 12 aromatic carbocycles. The van der Waals surface area contributed by atoms with Gasteiger partial charge in [-0.1, -0.05) is 0 Å². The summed E-state index contributed by atoms with van der Waals surface area (Å²) in [6.45, 7) is 7.94. The van der Waals surface area contributed by atoms with Crippen molar-refractivity contribution in [3.8, 4) is 0 Å². The molecule has 0 aliphatic carbocycles. The van der Waals surface area contributed by atoms with E-state index in [0.717, 1.165) is 103 Å². The molecule has 8 nitrogen and oxygen atoms in total. The minimum atomic E-state index is -6.91. The van der Waals surface area contributed by atoms with E-state index in [9.17, 15) is 0 Å². The van der Waals surface area contributed by atoms with Crippen molar-refractivity contribution >= 4 is 43.9 Å². The maximum atomic E-state index is 16.3. The minimum absolute atomic E-state index is 0.283. The molecule has 4 unspecified atom stereocenters. The number of benzene rings is 12. The van der Waals surface area contributed by atoms with Crippen LogP contribution >= 0.6 is 0 Å². The third-order valence-electron chi connectivity index (χ3n) is 26.3. The summed E-state index contributed by atoms with van der Waals surface area (Å²) in [5, 5.41) is 0. The number of hydrogen-bond acceptors (Lipinski definition) is 8. The topological polar surface area (TPSA) is 105 Å². The van der Waals surface area contributed by atoms with Crippen molar-refractivity contribution in [3.05, 3.63) is 431 Å². The van der Waals surface area contributed by atoms with Crippen molar-refractivity contribution in [1.29, 1.82) is 0 Å². The van der Waals surface area contributed by atoms with E-state index in [1.165, 1.54) is 66.8 Å². The summed E-state index contributed by atoms with van der Waals surface area (Å²) in [5.74, 6) is -5.83. The summed E-state index contributed by atoms with van der Waals surface area (Å²) in [4.78, 5) is 65.3. The normalized spacial score (nSPS) is 13.3. The van der Waals surface area contributed by atoms with Crippen molar-refractivity contribution in [2.75, 3.05) is 0 Å². The molecule has 0 fully saturated rings. The first-order valence-electron chi connectivity index (χ1n) is 46.5. The SMILES string of the molecule is CCC(CCCC(Cc1ccccc1)(Cc1ccccc1)Cc1ccccc1)C(=O)[O][Sn]([O]C(=O)C(CC)CCCC(Cc1ccccc1)(Cc1ccccc1)Cc1ccccc1)([O]C(=O)C(CC)CCCC(Cc1ccccc1)(Cc1ccccc1)Cc1ccccc1)[O]C(=O)C(CC)CCCC(Cc1ccccc1)(Cc1ccccc1)Cc1ccccc1. The van der Waals surface area contributed by atoms with E-state index in [2.05, 4.69) is 364 Å². The van der Waals surface area contributed by atoms with Crippen LogP contribution in [0.2, 0.25) is 0 Å². The Hall–Kier alpha value is -10.7. The van der Waals surface area contributed by atoms with Gasteiger partial charge in [0.1, 0.15) is 0 Å². The van der Waals surface area contributed by atoms with Gasteiger partial charge in [-0.25, -0.2) is 0 Å². The van der Waals surface area contributed by atoms with Crippen molar-refractivity contribution in [1.82, 2.24) is 0 Å². The molecule has 9 heteroatoms. The molecule has 0 bridgehead atoms. The van der Waals surface area contributed by atoms with Gasteiger partial charge in [-0.3, -0.25) is 0 Å². The zero-order valence-electron chi connectivity index (χ0n) is 74.5. The number of carbonyl (C=O) groups is 4. The first-order chi connectivity index (χ1) is 61.1. The van der Waals surface area contributed by atoms with E-state index >= 15 is 19.2 Å². The molecular weight excluding hydrogens is 1640 g/mol. The molecule has 0 aromatic heterocycles. The van der Waals surface area contributed by atoms with Gasteiger partial charge >= 0.3 is 759 Å². The van der Waals surface area contributed by atoms with Crippen LogP contribution in [-0.2, 0) is 109 Å². The third-order valence-corrected chi connectivity index (χ3v) is 31.5. The van der Waals surface area contributed by atoms with Crippen molar-refractivity contribution in [3.63, 3.8) is 0 Å². The predicted octanol–water partition coefficient (Wildman–Crippen LogP) is 27.2. The van der Waals surface area contributed by atoms with Crippen LogP contribution in [0, 0.1) is 45.3 Å². The number of hydrogen-bond donors (Lipinski definition) is 0. The van der Waals surface area contributed by atoms with Gasteiger partial charge in [0.25, 0.3) is 0 Å². The van der Waals surface area contributed by atoms with Gasteiger partial charge in [-0.05, 0) is 0 Å².